The number of urea groups is 1. The van der Waals surface area contributed by atoms with Gasteiger partial charge in [0.05, 0.1) is 0 Å². The highest BCUT2D eigenvalue weighted by molar-refractivity contribution is 9.10. The summed E-state index contributed by atoms with van der Waals surface area (Å²) in [5.74, 6) is 0. The number of nitrogens with one attached hydrogen (secondary N) is 2. The molecule has 4 heteroatoms. The van der Waals surface area contributed by atoms with Crippen LogP contribution in [0.15, 0.2) is 46.9 Å². The Morgan fingerprint density at radius 3 is 2.65 bits per heavy atom. The van der Waals surface area contributed by atoms with Crippen LogP contribution in [0.2, 0.25) is 0 Å². The number of anilines is 1. The van der Waals surface area contributed by atoms with Crippen LogP contribution >= 0.6 is 15.9 Å². The van der Waals surface area contributed by atoms with Gasteiger partial charge in [0.1, 0.15) is 0 Å². The first kappa shape index (κ1) is 14.6. The van der Waals surface area contributed by atoms with Gasteiger partial charge in [-0.15, -0.1) is 0 Å². The van der Waals surface area contributed by atoms with Gasteiger partial charge in [0.25, 0.3) is 0 Å². The molecule has 104 valence electrons. The van der Waals surface area contributed by atoms with Crippen LogP contribution in [-0.4, -0.2) is 6.03 Å². The SMILES string of the molecule is Cc1cccc(NC(=O)NCc2cccc(Br)c2)c1C. The summed E-state index contributed by atoms with van der Waals surface area (Å²) in [6.07, 6.45) is 0. The van der Waals surface area contributed by atoms with E-state index in [0.29, 0.717) is 6.54 Å². The van der Waals surface area contributed by atoms with E-state index in [1.807, 2.05) is 56.3 Å². The molecule has 2 aromatic rings. The minimum Gasteiger partial charge on any atom is -0.334 e. The lowest BCUT2D eigenvalue weighted by Crippen LogP contribution is -2.28. The molecule has 20 heavy (non-hydrogen) atoms. The lowest BCUT2D eigenvalue weighted by atomic mass is 10.1. The van der Waals surface area contributed by atoms with Gasteiger partial charge in [-0.05, 0) is 48.7 Å². The zero-order valence-electron chi connectivity index (χ0n) is 11.5. The molecule has 0 bridgehead atoms. The number of aryl methyl sites for hydroxylation is 1. The second-order valence-corrected chi connectivity index (χ2v) is 5.60. The lowest BCUT2D eigenvalue weighted by molar-refractivity contribution is 0.251. The lowest BCUT2D eigenvalue weighted by Gasteiger charge is -2.11. The van der Waals surface area contributed by atoms with Crippen molar-refractivity contribution in [3.63, 3.8) is 0 Å². The highest BCUT2D eigenvalue weighted by Crippen LogP contribution is 2.17. The highest BCUT2D eigenvalue weighted by Gasteiger charge is 2.05. The van der Waals surface area contributed by atoms with Crippen molar-refractivity contribution in [2.45, 2.75) is 20.4 Å². The van der Waals surface area contributed by atoms with E-state index in [0.717, 1.165) is 26.9 Å². The standard InChI is InChI=1S/C16H17BrN2O/c1-11-5-3-8-15(12(11)2)19-16(20)18-10-13-6-4-7-14(17)9-13/h3-9H,10H2,1-2H3,(H2,18,19,20). The number of carbonyl (C=O) groups excluding carboxylic acids is 1. The second kappa shape index (κ2) is 6.57. The number of carbonyl (C=O) groups is 1. The Labute approximate surface area is 127 Å². The molecule has 2 aromatic carbocycles. The van der Waals surface area contributed by atoms with Crippen LogP contribution in [0.25, 0.3) is 0 Å². The molecule has 2 N–H and O–H groups in total. The summed E-state index contributed by atoms with van der Waals surface area (Å²) in [7, 11) is 0. The minimum absolute atomic E-state index is 0.196. The van der Waals surface area contributed by atoms with Crippen LogP contribution in [-0.2, 0) is 6.54 Å². The number of hydrogen-bond donors (Lipinski definition) is 2. The minimum atomic E-state index is -0.196. The van der Waals surface area contributed by atoms with Crippen LogP contribution in [0.5, 0.6) is 0 Å². The molecule has 3 nitrogen and oxygen atoms in total. The maximum Gasteiger partial charge on any atom is 0.319 e. The number of hydrogen-bond acceptors (Lipinski definition) is 1. The summed E-state index contributed by atoms with van der Waals surface area (Å²) in [5.41, 5.74) is 4.15. The Kier molecular flexibility index (Phi) is 4.79. The van der Waals surface area contributed by atoms with Gasteiger partial charge in [0.15, 0.2) is 0 Å². The molecule has 0 saturated heterocycles. The fourth-order valence-corrected chi connectivity index (χ4v) is 2.33. The van der Waals surface area contributed by atoms with E-state index >= 15 is 0 Å². The van der Waals surface area contributed by atoms with Crippen molar-refractivity contribution in [3.05, 3.63) is 63.6 Å². The maximum absolute atomic E-state index is 11.9. The first-order valence-electron chi connectivity index (χ1n) is 6.42. The van der Waals surface area contributed by atoms with Crippen LogP contribution in [0, 0.1) is 13.8 Å². The first-order valence-corrected chi connectivity index (χ1v) is 7.21. The number of halogens is 1. The summed E-state index contributed by atoms with van der Waals surface area (Å²) >= 11 is 3.41. The third kappa shape index (κ3) is 3.84. The molecule has 0 atom stereocenters. The van der Waals surface area contributed by atoms with Crippen LogP contribution in [0.1, 0.15) is 16.7 Å². The van der Waals surface area contributed by atoms with Crippen LogP contribution in [0.4, 0.5) is 10.5 Å². The van der Waals surface area contributed by atoms with Gasteiger partial charge < -0.3 is 10.6 Å². The van der Waals surface area contributed by atoms with Crippen molar-refractivity contribution in [1.29, 1.82) is 0 Å². The maximum atomic E-state index is 11.9. The van der Waals surface area contributed by atoms with Crippen LogP contribution < -0.4 is 10.6 Å². The smallest absolute Gasteiger partial charge is 0.319 e. The topological polar surface area (TPSA) is 41.1 Å². The monoisotopic (exact) mass is 332 g/mol. The van der Waals surface area contributed by atoms with E-state index in [2.05, 4.69) is 26.6 Å². The zero-order valence-corrected chi connectivity index (χ0v) is 13.1. The summed E-state index contributed by atoms with van der Waals surface area (Å²) < 4.78 is 1.01. The molecule has 0 aliphatic rings. The molecule has 0 fully saturated rings. The number of rotatable bonds is 3. The van der Waals surface area contributed by atoms with E-state index in [4.69, 9.17) is 0 Å². The van der Waals surface area contributed by atoms with E-state index in [1.165, 1.54) is 0 Å². The average molecular weight is 333 g/mol. The van der Waals surface area contributed by atoms with Gasteiger partial charge in [0.2, 0.25) is 0 Å². The second-order valence-electron chi connectivity index (χ2n) is 4.69. The van der Waals surface area contributed by atoms with E-state index in [-0.39, 0.29) is 6.03 Å². The molecule has 0 saturated carbocycles. The molecule has 2 amide bonds. The molecule has 0 aliphatic heterocycles. The summed E-state index contributed by atoms with van der Waals surface area (Å²) in [6.45, 7) is 4.52. The van der Waals surface area contributed by atoms with Crippen molar-refractivity contribution in [3.8, 4) is 0 Å². The van der Waals surface area contributed by atoms with E-state index in [9.17, 15) is 4.79 Å². The molecule has 0 heterocycles. The predicted molar refractivity (Wildman–Crippen MR) is 85.9 cm³/mol. The molecular formula is C16H17BrN2O. The zero-order chi connectivity index (χ0) is 14.5. The Morgan fingerprint density at radius 1 is 1.15 bits per heavy atom. The van der Waals surface area contributed by atoms with Crippen molar-refractivity contribution in [2.24, 2.45) is 0 Å². The van der Waals surface area contributed by atoms with E-state index < -0.39 is 0 Å². The predicted octanol–water partition coefficient (Wildman–Crippen LogP) is 4.39. The average Bonchev–Trinajstić information content (AvgIpc) is 2.42. The van der Waals surface area contributed by atoms with Gasteiger partial charge in [-0.1, -0.05) is 40.2 Å². The Balaban J connectivity index is 1.94. The summed E-state index contributed by atoms with van der Waals surface area (Å²) in [6, 6.07) is 13.5. The van der Waals surface area contributed by atoms with Crippen LogP contribution in [0.3, 0.4) is 0 Å². The van der Waals surface area contributed by atoms with Gasteiger partial charge in [0, 0.05) is 16.7 Å². The van der Waals surface area contributed by atoms with Crippen molar-refractivity contribution >= 4 is 27.6 Å². The Hall–Kier alpha value is -1.81. The Bertz CT molecular complexity index is 626. The van der Waals surface area contributed by atoms with Crippen molar-refractivity contribution in [2.75, 3.05) is 5.32 Å². The molecule has 0 spiro atoms. The van der Waals surface area contributed by atoms with E-state index in [1.54, 1.807) is 0 Å². The third-order valence-electron chi connectivity index (χ3n) is 3.19. The Morgan fingerprint density at radius 2 is 1.90 bits per heavy atom. The highest BCUT2D eigenvalue weighted by atomic mass is 79.9. The molecule has 0 unspecified atom stereocenters. The quantitative estimate of drug-likeness (QED) is 0.859. The third-order valence-corrected chi connectivity index (χ3v) is 3.69. The number of benzene rings is 2. The van der Waals surface area contributed by atoms with Crippen molar-refractivity contribution in [1.82, 2.24) is 5.32 Å². The normalized spacial score (nSPS) is 10.2. The summed E-state index contributed by atoms with van der Waals surface area (Å²) in [5, 5.41) is 5.72. The fraction of sp³-hybridized carbons (Fsp3) is 0.188. The molecule has 0 aliphatic carbocycles. The first-order chi connectivity index (χ1) is 9.56. The van der Waals surface area contributed by atoms with Gasteiger partial charge in [-0.25, -0.2) is 4.79 Å². The molecule has 0 aromatic heterocycles. The van der Waals surface area contributed by atoms with Crippen molar-refractivity contribution < 1.29 is 4.79 Å². The molecule has 0 radical (unpaired) electrons. The van der Waals surface area contributed by atoms with Gasteiger partial charge in [-0.2, -0.15) is 0 Å². The molecular weight excluding hydrogens is 316 g/mol. The van der Waals surface area contributed by atoms with Gasteiger partial charge >= 0.3 is 6.03 Å². The largest absolute Gasteiger partial charge is 0.334 e. The summed E-state index contributed by atoms with van der Waals surface area (Å²) in [4.78, 5) is 11.9. The number of amides is 2. The fourth-order valence-electron chi connectivity index (χ4n) is 1.88. The van der Waals surface area contributed by atoms with Gasteiger partial charge in [-0.3, -0.25) is 0 Å². The molecule has 2 rings (SSSR count).